The van der Waals surface area contributed by atoms with E-state index in [9.17, 15) is 4.79 Å². The summed E-state index contributed by atoms with van der Waals surface area (Å²) < 4.78 is 5.87. The van der Waals surface area contributed by atoms with Gasteiger partial charge in [-0.25, -0.2) is 0 Å². The Morgan fingerprint density at radius 1 is 1.15 bits per heavy atom. The summed E-state index contributed by atoms with van der Waals surface area (Å²) in [6.45, 7) is 5.34. The fourth-order valence-corrected chi connectivity index (χ4v) is 2.41. The van der Waals surface area contributed by atoms with Gasteiger partial charge in [-0.2, -0.15) is 0 Å². The molecule has 0 radical (unpaired) electrons. The first-order valence-corrected chi connectivity index (χ1v) is 6.61. The van der Waals surface area contributed by atoms with Crippen molar-refractivity contribution in [3.05, 3.63) is 52.0 Å². The number of rotatable bonds is 3. The number of ether oxygens (including phenoxy) is 1. The second-order valence-corrected chi connectivity index (χ2v) is 5.21. The minimum absolute atomic E-state index is 0.0856. The van der Waals surface area contributed by atoms with Gasteiger partial charge in [0, 0.05) is 16.3 Å². The van der Waals surface area contributed by atoms with Crippen LogP contribution in [0.5, 0.6) is 11.5 Å². The van der Waals surface area contributed by atoms with Crippen LogP contribution < -0.4 is 10.5 Å². The number of aryl methyl sites for hydroxylation is 2. The highest BCUT2D eigenvalue weighted by atomic mass is 35.5. The lowest BCUT2D eigenvalue weighted by Crippen LogP contribution is -2.00. The molecule has 104 valence electrons. The van der Waals surface area contributed by atoms with Crippen LogP contribution in [0.4, 0.5) is 5.69 Å². The first kappa shape index (κ1) is 14.4. The van der Waals surface area contributed by atoms with Crippen molar-refractivity contribution in [2.45, 2.75) is 20.8 Å². The van der Waals surface area contributed by atoms with Crippen LogP contribution in [0.25, 0.3) is 0 Å². The molecule has 0 aromatic heterocycles. The number of Topliss-reactive ketones (excluding diaryl/α,β-unsaturated/α-hetero) is 1. The van der Waals surface area contributed by atoms with Crippen molar-refractivity contribution in [1.82, 2.24) is 0 Å². The molecule has 2 aromatic rings. The number of nitrogen functional groups attached to an aromatic ring is 1. The lowest BCUT2D eigenvalue weighted by atomic mass is 10.1. The van der Waals surface area contributed by atoms with Crippen molar-refractivity contribution < 1.29 is 9.53 Å². The van der Waals surface area contributed by atoms with Crippen molar-refractivity contribution >= 4 is 23.1 Å². The molecule has 0 bridgehead atoms. The van der Waals surface area contributed by atoms with Crippen molar-refractivity contribution in [1.29, 1.82) is 0 Å². The predicted octanol–water partition coefficient (Wildman–Crippen LogP) is 4.53. The number of ketones is 1. The number of halogens is 1. The molecule has 0 unspecified atom stereocenters. The highest BCUT2D eigenvalue weighted by Crippen LogP contribution is 2.32. The molecule has 3 nitrogen and oxygen atoms in total. The number of carbonyl (C=O) groups is 1. The average molecular weight is 290 g/mol. The van der Waals surface area contributed by atoms with Crippen molar-refractivity contribution in [3.63, 3.8) is 0 Å². The van der Waals surface area contributed by atoms with E-state index in [0.717, 1.165) is 16.9 Å². The predicted molar refractivity (Wildman–Crippen MR) is 81.9 cm³/mol. The van der Waals surface area contributed by atoms with Gasteiger partial charge in [-0.3, -0.25) is 4.79 Å². The van der Waals surface area contributed by atoms with Gasteiger partial charge in [-0.15, -0.1) is 0 Å². The van der Waals surface area contributed by atoms with E-state index in [1.165, 1.54) is 6.92 Å². The Balaban J connectivity index is 2.41. The Morgan fingerprint density at radius 2 is 1.75 bits per heavy atom. The molecule has 0 amide bonds. The van der Waals surface area contributed by atoms with Gasteiger partial charge in [0.05, 0.1) is 0 Å². The van der Waals surface area contributed by atoms with Crippen LogP contribution in [-0.4, -0.2) is 5.78 Å². The third-order valence-electron chi connectivity index (χ3n) is 3.05. The summed E-state index contributed by atoms with van der Waals surface area (Å²) in [5.41, 5.74) is 8.57. The largest absolute Gasteiger partial charge is 0.457 e. The smallest absolute Gasteiger partial charge is 0.162 e. The maximum Gasteiger partial charge on any atom is 0.162 e. The summed E-state index contributed by atoms with van der Waals surface area (Å²) in [6, 6.07) is 8.76. The van der Waals surface area contributed by atoms with E-state index in [1.54, 1.807) is 18.2 Å². The highest BCUT2D eigenvalue weighted by Gasteiger charge is 2.10. The summed E-state index contributed by atoms with van der Waals surface area (Å²) >= 11 is 6.00. The number of carbonyl (C=O) groups excluding carboxylic acids is 1. The van der Waals surface area contributed by atoms with Gasteiger partial charge in [0.1, 0.15) is 11.5 Å². The van der Waals surface area contributed by atoms with Gasteiger partial charge >= 0.3 is 0 Å². The van der Waals surface area contributed by atoms with Gasteiger partial charge in [-0.05, 0) is 62.2 Å². The molecule has 2 aromatic carbocycles. The first-order valence-electron chi connectivity index (χ1n) is 6.23. The van der Waals surface area contributed by atoms with Crippen LogP contribution in [0.2, 0.25) is 5.02 Å². The Kier molecular flexibility index (Phi) is 4.00. The van der Waals surface area contributed by atoms with Gasteiger partial charge in [0.25, 0.3) is 0 Å². The fourth-order valence-electron chi connectivity index (χ4n) is 2.08. The molecule has 4 heteroatoms. The zero-order valence-electron chi connectivity index (χ0n) is 11.7. The highest BCUT2D eigenvalue weighted by molar-refractivity contribution is 6.30. The third-order valence-corrected chi connectivity index (χ3v) is 3.27. The number of benzene rings is 2. The van der Waals surface area contributed by atoms with Crippen LogP contribution in [0.3, 0.4) is 0 Å². The van der Waals surface area contributed by atoms with E-state index >= 15 is 0 Å². The Bertz CT molecular complexity index is 657. The molecule has 0 spiro atoms. The fraction of sp³-hybridized carbons (Fsp3) is 0.188. The minimum atomic E-state index is -0.0856. The number of anilines is 1. The first-order chi connectivity index (χ1) is 9.38. The van der Waals surface area contributed by atoms with Gasteiger partial charge in [0.15, 0.2) is 5.78 Å². The summed E-state index contributed by atoms with van der Waals surface area (Å²) in [5.74, 6) is 1.24. The molecule has 2 N–H and O–H groups in total. The molecule has 0 saturated heterocycles. The van der Waals surface area contributed by atoms with Crippen LogP contribution in [0.1, 0.15) is 28.4 Å². The lowest BCUT2D eigenvalue weighted by Gasteiger charge is -2.13. The maximum atomic E-state index is 11.5. The van der Waals surface area contributed by atoms with E-state index in [1.807, 2.05) is 26.0 Å². The zero-order valence-corrected chi connectivity index (χ0v) is 12.4. The Morgan fingerprint density at radius 3 is 2.30 bits per heavy atom. The topological polar surface area (TPSA) is 52.3 Å². The summed E-state index contributed by atoms with van der Waals surface area (Å²) in [4.78, 5) is 11.5. The van der Waals surface area contributed by atoms with E-state index in [2.05, 4.69) is 0 Å². The quantitative estimate of drug-likeness (QED) is 0.667. The third kappa shape index (κ3) is 2.94. The van der Waals surface area contributed by atoms with Crippen LogP contribution >= 0.6 is 11.6 Å². The molecule has 0 atom stereocenters. The lowest BCUT2D eigenvalue weighted by molar-refractivity contribution is 0.101. The van der Waals surface area contributed by atoms with Crippen molar-refractivity contribution in [2.75, 3.05) is 5.73 Å². The average Bonchev–Trinajstić information content (AvgIpc) is 2.35. The normalized spacial score (nSPS) is 10.4. The van der Waals surface area contributed by atoms with E-state index < -0.39 is 0 Å². The molecule has 20 heavy (non-hydrogen) atoms. The van der Waals surface area contributed by atoms with Gasteiger partial charge in [0.2, 0.25) is 0 Å². The molecule has 0 aliphatic carbocycles. The van der Waals surface area contributed by atoms with Crippen LogP contribution in [-0.2, 0) is 0 Å². The molecular weight excluding hydrogens is 274 g/mol. The maximum absolute atomic E-state index is 11.5. The van der Waals surface area contributed by atoms with E-state index in [4.69, 9.17) is 22.1 Å². The molecule has 0 aliphatic rings. The second kappa shape index (κ2) is 5.55. The number of hydrogen-bond acceptors (Lipinski definition) is 3. The molecule has 0 aliphatic heterocycles. The van der Waals surface area contributed by atoms with Gasteiger partial charge in [-0.1, -0.05) is 11.6 Å². The van der Waals surface area contributed by atoms with E-state index in [-0.39, 0.29) is 5.78 Å². The van der Waals surface area contributed by atoms with E-state index in [0.29, 0.717) is 22.0 Å². The SMILES string of the molecule is CC(=O)c1cc(Oc2c(C)cc(Cl)cc2C)ccc1N. The molecule has 0 heterocycles. The number of hydrogen-bond donors (Lipinski definition) is 1. The molecule has 2 rings (SSSR count). The zero-order chi connectivity index (χ0) is 14.9. The van der Waals surface area contributed by atoms with Gasteiger partial charge < -0.3 is 10.5 Å². The van der Waals surface area contributed by atoms with Crippen LogP contribution in [0.15, 0.2) is 30.3 Å². The standard InChI is InChI=1S/C16H16ClNO2/c1-9-6-12(17)7-10(2)16(9)20-13-4-5-15(18)14(8-13)11(3)19/h4-8H,18H2,1-3H3. The van der Waals surface area contributed by atoms with Crippen molar-refractivity contribution in [3.8, 4) is 11.5 Å². The number of nitrogens with two attached hydrogens (primary N) is 1. The minimum Gasteiger partial charge on any atom is -0.457 e. The molecule has 0 saturated carbocycles. The summed E-state index contributed by atoms with van der Waals surface area (Å²) in [6.07, 6.45) is 0. The summed E-state index contributed by atoms with van der Waals surface area (Å²) in [5, 5.41) is 0.675. The Labute approximate surface area is 123 Å². The molecular formula is C16H16ClNO2. The van der Waals surface area contributed by atoms with Crippen molar-refractivity contribution in [2.24, 2.45) is 0 Å². The Hall–Kier alpha value is -2.00. The summed E-state index contributed by atoms with van der Waals surface area (Å²) in [7, 11) is 0. The van der Waals surface area contributed by atoms with Crippen LogP contribution in [0, 0.1) is 13.8 Å². The monoisotopic (exact) mass is 289 g/mol. The molecule has 0 fully saturated rings. The second-order valence-electron chi connectivity index (χ2n) is 4.78.